The number of hydrogen-bond acceptors (Lipinski definition) is 4. The van der Waals surface area contributed by atoms with Gasteiger partial charge in [0.05, 0.1) is 22.1 Å². The van der Waals surface area contributed by atoms with Gasteiger partial charge < -0.3 is 9.80 Å². The van der Waals surface area contributed by atoms with Crippen LogP contribution in [0.5, 0.6) is 0 Å². The first kappa shape index (κ1) is 40.3. The predicted molar refractivity (Wildman–Crippen MR) is 285 cm³/mol. The minimum Gasteiger partial charge on any atom is -0.372 e. The normalized spacial score (nSPS) is 14.4. The fourth-order valence-electron chi connectivity index (χ4n) is 11.2. The summed E-state index contributed by atoms with van der Waals surface area (Å²) < 4.78 is 4.58. The first-order valence-corrected chi connectivity index (χ1v) is 24.5. The molecule has 13 rings (SSSR count). The number of piperidine rings is 2. The van der Waals surface area contributed by atoms with Crippen molar-refractivity contribution in [3.63, 3.8) is 0 Å². The highest BCUT2D eigenvalue weighted by Gasteiger charge is 2.23. The summed E-state index contributed by atoms with van der Waals surface area (Å²) >= 11 is 0. The van der Waals surface area contributed by atoms with E-state index in [0.29, 0.717) is 0 Å². The molecule has 6 nitrogen and oxygen atoms in total. The monoisotopic (exact) mass is 880 g/mol. The molecule has 2 saturated heterocycles. The van der Waals surface area contributed by atoms with Gasteiger partial charge in [-0.2, -0.15) is 0 Å². The van der Waals surface area contributed by atoms with E-state index < -0.39 is 0 Å². The van der Waals surface area contributed by atoms with Crippen LogP contribution in [0.15, 0.2) is 194 Å². The summed E-state index contributed by atoms with van der Waals surface area (Å²) in [7, 11) is 0. The molecular formula is C62H52N6. The molecule has 6 heteroatoms. The van der Waals surface area contributed by atoms with Gasteiger partial charge in [0.2, 0.25) is 0 Å². The van der Waals surface area contributed by atoms with Crippen molar-refractivity contribution >= 4 is 55.0 Å². The summed E-state index contributed by atoms with van der Waals surface area (Å²) in [4.78, 5) is 15.7. The molecule has 0 saturated carbocycles. The Morgan fingerprint density at radius 1 is 0.294 bits per heavy atom. The minimum atomic E-state index is 0.940. The highest BCUT2D eigenvalue weighted by atomic mass is 15.1. The van der Waals surface area contributed by atoms with Crippen molar-refractivity contribution in [1.29, 1.82) is 0 Å². The highest BCUT2D eigenvalue weighted by Crippen LogP contribution is 2.47. The molecule has 0 spiro atoms. The van der Waals surface area contributed by atoms with Crippen molar-refractivity contribution < 1.29 is 0 Å². The average molecular weight is 881 g/mol. The lowest BCUT2D eigenvalue weighted by atomic mass is 9.85. The molecule has 2 fully saturated rings. The van der Waals surface area contributed by atoms with Gasteiger partial charge in [-0.05, 0) is 155 Å². The summed E-state index contributed by atoms with van der Waals surface area (Å²) in [6.07, 6.45) is 7.51. The second kappa shape index (κ2) is 17.0. The fraction of sp³-hybridized carbons (Fsp3) is 0.161. The van der Waals surface area contributed by atoms with E-state index in [9.17, 15) is 0 Å². The zero-order valence-corrected chi connectivity index (χ0v) is 38.2. The van der Waals surface area contributed by atoms with Crippen LogP contribution in [0, 0.1) is 0 Å². The van der Waals surface area contributed by atoms with E-state index in [1.165, 1.54) is 93.7 Å². The molecule has 0 bridgehead atoms. The van der Waals surface area contributed by atoms with E-state index in [-0.39, 0.29) is 0 Å². The second-order valence-electron chi connectivity index (χ2n) is 18.7. The number of aromatic nitrogens is 4. The van der Waals surface area contributed by atoms with Crippen molar-refractivity contribution in [2.24, 2.45) is 0 Å². The minimum absolute atomic E-state index is 0.940. The third-order valence-electron chi connectivity index (χ3n) is 14.5. The summed E-state index contributed by atoms with van der Waals surface area (Å²) in [5.41, 5.74) is 16.1. The number of hydrogen-bond donors (Lipinski definition) is 0. The Kier molecular flexibility index (Phi) is 10.1. The van der Waals surface area contributed by atoms with Gasteiger partial charge in [-0.25, -0.2) is 9.97 Å². The summed E-state index contributed by atoms with van der Waals surface area (Å²) in [5.74, 6) is 1.88. The standard InChI is InChI=1S/C62H52N6/c1-5-17-47(18-6-1)67-57-23-11-9-21-55(57)63-61(67)45-29-25-43(26-30-45)59-51-35-33-50(66-39-15-4-16-40-66)42-54(51)60(52-36-34-49(41-53(52)59)65-37-13-3-14-38-65)44-27-31-46(32-28-44)62-64-56-22-10-12-24-58(56)68(62)48-19-7-2-8-20-48/h1-2,5-12,17-36,41-42H,3-4,13-16,37-40H2. The summed E-state index contributed by atoms with van der Waals surface area (Å²) in [6, 6.07) is 71.1. The van der Waals surface area contributed by atoms with Crippen LogP contribution < -0.4 is 9.80 Å². The SMILES string of the molecule is c1ccc(-n2c(-c3ccc(-c4c5ccc(N6CCCCC6)cc5c(-c5ccc(-c6nc7ccccc7n6-c6ccccc6)cc5)c5ccc(N6CCCCC6)cc45)cc3)nc3ccccc32)cc1. The molecule has 2 aromatic heterocycles. The van der Waals surface area contributed by atoms with Gasteiger partial charge in [-0.1, -0.05) is 121 Å². The smallest absolute Gasteiger partial charge is 0.145 e. The summed E-state index contributed by atoms with van der Waals surface area (Å²) in [5, 5.41) is 5.09. The zero-order chi connectivity index (χ0) is 45.0. The van der Waals surface area contributed by atoms with Gasteiger partial charge >= 0.3 is 0 Å². The van der Waals surface area contributed by atoms with Gasteiger partial charge in [0.25, 0.3) is 0 Å². The van der Waals surface area contributed by atoms with Gasteiger partial charge in [-0.15, -0.1) is 0 Å². The molecule has 0 amide bonds. The first-order chi connectivity index (χ1) is 33.7. The van der Waals surface area contributed by atoms with E-state index in [0.717, 1.165) is 82.4 Å². The molecule has 2 aliphatic heterocycles. The molecule has 0 aliphatic carbocycles. The molecular weight excluding hydrogens is 829 g/mol. The maximum absolute atomic E-state index is 5.23. The number of fused-ring (bicyclic) bond motifs is 4. The molecule has 0 radical (unpaired) electrons. The van der Waals surface area contributed by atoms with Crippen molar-refractivity contribution in [2.45, 2.75) is 38.5 Å². The molecule has 0 unspecified atom stereocenters. The van der Waals surface area contributed by atoms with Crippen LogP contribution >= 0.6 is 0 Å². The molecule has 330 valence electrons. The average Bonchev–Trinajstić information content (AvgIpc) is 4.01. The third kappa shape index (κ3) is 7.02. The van der Waals surface area contributed by atoms with Crippen molar-refractivity contribution in [1.82, 2.24) is 19.1 Å². The molecule has 4 heterocycles. The molecule has 2 aliphatic rings. The Hall–Kier alpha value is -7.96. The van der Waals surface area contributed by atoms with E-state index in [4.69, 9.17) is 9.97 Å². The van der Waals surface area contributed by atoms with Gasteiger partial charge in [0, 0.05) is 60.1 Å². The van der Waals surface area contributed by atoms with Crippen LogP contribution in [-0.2, 0) is 0 Å². The Balaban J connectivity index is 1.01. The van der Waals surface area contributed by atoms with Crippen molar-refractivity contribution in [3.8, 4) is 56.4 Å². The Labute approximate surface area is 397 Å². The van der Waals surface area contributed by atoms with Crippen LogP contribution in [-0.4, -0.2) is 45.3 Å². The number of imidazole rings is 2. The second-order valence-corrected chi connectivity index (χ2v) is 18.7. The largest absolute Gasteiger partial charge is 0.372 e. The van der Waals surface area contributed by atoms with Crippen LogP contribution in [0.1, 0.15) is 38.5 Å². The topological polar surface area (TPSA) is 42.1 Å². The van der Waals surface area contributed by atoms with Crippen LogP contribution in [0.4, 0.5) is 11.4 Å². The van der Waals surface area contributed by atoms with E-state index >= 15 is 0 Å². The maximum atomic E-state index is 5.23. The predicted octanol–water partition coefficient (Wildman–Crippen LogP) is 15.3. The lowest BCUT2D eigenvalue weighted by Crippen LogP contribution is -2.29. The first-order valence-electron chi connectivity index (χ1n) is 24.5. The van der Waals surface area contributed by atoms with E-state index in [1.54, 1.807) is 0 Å². The number of benzene rings is 9. The highest BCUT2D eigenvalue weighted by molar-refractivity contribution is 6.22. The van der Waals surface area contributed by atoms with Crippen LogP contribution in [0.25, 0.3) is 100 Å². The number of anilines is 2. The van der Waals surface area contributed by atoms with Gasteiger partial charge in [0.15, 0.2) is 0 Å². The lowest BCUT2D eigenvalue weighted by molar-refractivity contribution is 0.578. The van der Waals surface area contributed by atoms with E-state index in [2.05, 4.69) is 213 Å². The molecule has 11 aromatic rings. The Morgan fingerprint density at radius 3 is 1.07 bits per heavy atom. The summed E-state index contributed by atoms with van der Waals surface area (Å²) in [6.45, 7) is 4.36. The van der Waals surface area contributed by atoms with Crippen molar-refractivity contribution in [3.05, 3.63) is 194 Å². The fourth-order valence-corrected chi connectivity index (χ4v) is 11.2. The molecule has 0 N–H and O–H groups in total. The number of para-hydroxylation sites is 6. The van der Waals surface area contributed by atoms with Gasteiger partial charge in [-0.3, -0.25) is 9.13 Å². The Bertz CT molecular complexity index is 3370. The molecule has 0 atom stereocenters. The van der Waals surface area contributed by atoms with E-state index in [1.807, 2.05) is 0 Å². The van der Waals surface area contributed by atoms with Gasteiger partial charge in [0.1, 0.15) is 11.6 Å². The van der Waals surface area contributed by atoms with Crippen molar-refractivity contribution in [2.75, 3.05) is 36.0 Å². The van der Waals surface area contributed by atoms with Crippen LogP contribution in [0.2, 0.25) is 0 Å². The Morgan fingerprint density at radius 2 is 0.662 bits per heavy atom. The quantitative estimate of drug-likeness (QED) is 0.143. The zero-order valence-electron chi connectivity index (χ0n) is 38.2. The number of nitrogens with zero attached hydrogens (tertiary/aromatic N) is 6. The van der Waals surface area contributed by atoms with Crippen LogP contribution in [0.3, 0.4) is 0 Å². The number of rotatable bonds is 8. The lowest BCUT2D eigenvalue weighted by Gasteiger charge is -2.30. The maximum Gasteiger partial charge on any atom is 0.145 e. The molecule has 9 aromatic carbocycles. The molecule has 68 heavy (non-hydrogen) atoms. The third-order valence-corrected chi connectivity index (χ3v) is 14.5.